The van der Waals surface area contributed by atoms with Crippen LogP contribution in [0, 0.1) is 0 Å². The third-order valence-electron chi connectivity index (χ3n) is 3.05. The molecule has 1 aromatic carbocycles. The fraction of sp³-hybridized carbons (Fsp3) is 0.176. The third-order valence-corrected chi connectivity index (χ3v) is 3.05. The molecule has 2 aromatic rings. The second-order valence-corrected chi connectivity index (χ2v) is 4.74. The quantitative estimate of drug-likeness (QED) is 0.579. The van der Waals surface area contributed by atoms with Crippen molar-refractivity contribution < 1.29 is 9.53 Å². The molecule has 0 spiro atoms. The monoisotopic (exact) mass is 297 g/mol. The van der Waals surface area contributed by atoms with Crippen LogP contribution < -0.4 is 15.8 Å². The van der Waals surface area contributed by atoms with E-state index in [2.05, 4.69) is 16.9 Å². The molecule has 1 aromatic heterocycles. The lowest BCUT2D eigenvalue weighted by molar-refractivity contribution is 0.1000. The Balaban J connectivity index is 1.90. The summed E-state index contributed by atoms with van der Waals surface area (Å²) in [6, 6.07) is 11.0. The number of benzene rings is 1. The van der Waals surface area contributed by atoms with Crippen molar-refractivity contribution in [2.24, 2.45) is 5.73 Å². The van der Waals surface area contributed by atoms with Crippen LogP contribution in [0.5, 0.6) is 11.6 Å². The molecule has 1 heterocycles. The third kappa shape index (κ3) is 4.71. The number of amides is 1. The molecule has 0 fully saturated rings. The second-order valence-electron chi connectivity index (χ2n) is 4.74. The highest BCUT2D eigenvalue weighted by Gasteiger charge is 2.03. The summed E-state index contributed by atoms with van der Waals surface area (Å²) in [7, 11) is 0. The summed E-state index contributed by atoms with van der Waals surface area (Å²) in [6.45, 7) is 5.38. The van der Waals surface area contributed by atoms with E-state index in [1.54, 1.807) is 12.1 Å². The zero-order valence-corrected chi connectivity index (χ0v) is 12.3. The Morgan fingerprint density at radius 3 is 2.64 bits per heavy atom. The smallest absolute Gasteiger partial charge is 0.250 e. The molecular formula is C17H19N3O2. The van der Waals surface area contributed by atoms with Crippen LogP contribution in [-0.2, 0) is 6.42 Å². The van der Waals surface area contributed by atoms with Crippen LogP contribution in [0.1, 0.15) is 15.9 Å². The normalized spacial score (nSPS) is 10.2. The number of hydrogen-bond donors (Lipinski definition) is 2. The molecular weight excluding hydrogens is 278 g/mol. The van der Waals surface area contributed by atoms with Gasteiger partial charge in [-0.3, -0.25) is 4.79 Å². The topological polar surface area (TPSA) is 77.2 Å². The highest BCUT2D eigenvalue weighted by molar-refractivity contribution is 5.92. The summed E-state index contributed by atoms with van der Waals surface area (Å²) in [6.07, 6.45) is 4.18. The number of ether oxygens (including phenoxy) is 1. The zero-order chi connectivity index (χ0) is 15.8. The summed E-state index contributed by atoms with van der Waals surface area (Å²) in [5.41, 5.74) is 6.74. The van der Waals surface area contributed by atoms with Gasteiger partial charge in [0.05, 0.1) is 5.56 Å². The molecule has 3 N–H and O–H groups in total. The van der Waals surface area contributed by atoms with E-state index in [-0.39, 0.29) is 0 Å². The summed E-state index contributed by atoms with van der Waals surface area (Å²) < 4.78 is 5.62. The average Bonchev–Trinajstić information content (AvgIpc) is 2.54. The Bertz CT molecular complexity index is 621. The lowest BCUT2D eigenvalue weighted by atomic mass is 10.1. The van der Waals surface area contributed by atoms with E-state index in [1.807, 2.05) is 30.3 Å². The molecule has 114 valence electrons. The van der Waals surface area contributed by atoms with Gasteiger partial charge in [0, 0.05) is 18.8 Å². The van der Waals surface area contributed by atoms with Crippen LogP contribution >= 0.6 is 0 Å². The van der Waals surface area contributed by atoms with Crippen molar-refractivity contribution in [2.75, 3.05) is 13.1 Å². The van der Waals surface area contributed by atoms with Gasteiger partial charge in [-0.15, -0.1) is 6.58 Å². The largest absolute Gasteiger partial charge is 0.439 e. The van der Waals surface area contributed by atoms with E-state index in [4.69, 9.17) is 10.5 Å². The predicted molar refractivity (Wildman–Crippen MR) is 86.0 cm³/mol. The van der Waals surface area contributed by atoms with Crippen molar-refractivity contribution in [3.8, 4) is 11.6 Å². The Hall–Kier alpha value is -2.66. The van der Waals surface area contributed by atoms with Crippen LogP contribution in [0.25, 0.3) is 0 Å². The molecule has 0 atom stereocenters. The van der Waals surface area contributed by atoms with Gasteiger partial charge in [0.2, 0.25) is 11.8 Å². The number of carbonyl (C=O) groups is 1. The standard InChI is InChI=1S/C17H19N3O2/c1-2-10-19-11-9-13-3-6-15(7-4-13)22-16-8-5-14(12-20-16)17(18)21/h2-8,12,19H,1,9-11H2,(H2,18,21). The highest BCUT2D eigenvalue weighted by Crippen LogP contribution is 2.20. The first-order valence-electron chi connectivity index (χ1n) is 7.03. The molecule has 0 aliphatic carbocycles. The van der Waals surface area contributed by atoms with Gasteiger partial charge in [-0.1, -0.05) is 18.2 Å². The first kappa shape index (κ1) is 15.7. The Morgan fingerprint density at radius 1 is 1.27 bits per heavy atom. The first-order chi connectivity index (χ1) is 10.7. The maximum absolute atomic E-state index is 11.0. The van der Waals surface area contributed by atoms with Crippen molar-refractivity contribution in [1.82, 2.24) is 10.3 Å². The minimum atomic E-state index is -0.506. The minimum Gasteiger partial charge on any atom is -0.439 e. The Labute approximate surface area is 129 Å². The van der Waals surface area contributed by atoms with E-state index in [0.717, 1.165) is 19.5 Å². The molecule has 1 amide bonds. The number of hydrogen-bond acceptors (Lipinski definition) is 4. The van der Waals surface area contributed by atoms with Crippen LogP contribution in [0.3, 0.4) is 0 Å². The number of nitrogens with zero attached hydrogens (tertiary/aromatic N) is 1. The molecule has 0 aliphatic rings. The average molecular weight is 297 g/mol. The van der Waals surface area contributed by atoms with Crippen molar-refractivity contribution in [1.29, 1.82) is 0 Å². The predicted octanol–water partition coefficient (Wildman–Crippen LogP) is 2.29. The van der Waals surface area contributed by atoms with Crippen molar-refractivity contribution in [3.05, 3.63) is 66.4 Å². The molecule has 0 saturated heterocycles. The number of primary amides is 1. The van der Waals surface area contributed by atoms with Gasteiger partial charge in [0.25, 0.3) is 0 Å². The SMILES string of the molecule is C=CCNCCc1ccc(Oc2ccc(C(N)=O)cn2)cc1. The number of carbonyl (C=O) groups excluding carboxylic acids is 1. The number of pyridine rings is 1. The van der Waals surface area contributed by atoms with Gasteiger partial charge in [-0.2, -0.15) is 0 Å². The van der Waals surface area contributed by atoms with Crippen LogP contribution in [-0.4, -0.2) is 24.0 Å². The van der Waals surface area contributed by atoms with E-state index in [0.29, 0.717) is 17.2 Å². The van der Waals surface area contributed by atoms with E-state index < -0.39 is 5.91 Å². The summed E-state index contributed by atoms with van der Waals surface area (Å²) in [5.74, 6) is 0.612. The lowest BCUT2D eigenvalue weighted by Crippen LogP contribution is -2.16. The van der Waals surface area contributed by atoms with Gasteiger partial charge in [0.1, 0.15) is 5.75 Å². The molecule has 0 unspecified atom stereocenters. The fourth-order valence-corrected chi connectivity index (χ4v) is 1.87. The second kappa shape index (κ2) is 7.95. The Kier molecular flexibility index (Phi) is 5.68. The minimum absolute atomic E-state index is 0.356. The molecule has 5 nitrogen and oxygen atoms in total. The van der Waals surface area contributed by atoms with Crippen LogP contribution in [0.2, 0.25) is 0 Å². The molecule has 2 rings (SSSR count). The maximum atomic E-state index is 11.0. The molecule has 5 heteroatoms. The van der Waals surface area contributed by atoms with E-state index in [9.17, 15) is 4.79 Å². The van der Waals surface area contributed by atoms with Gasteiger partial charge < -0.3 is 15.8 Å². The van der Waals surface area contributed by atoms with Gasteiger partial charge in [0.15, 0.2) is 0 Å². The number of nitrogens with one attached hydrogen (secondary N) is 1. The van der Waals surface area contributed by atoms with Gasteiger partial charge in [-0.25, -0.2) is 4.98 Å². The molecule has 0 saturated carbocycles. The fourth-order valence-electron chi connectivity index (χ4n) is 1.87. The van der Waals surface area contributed by atoms with E-state index >= 15 is 0 Å². The van der Waals surface area contributed by atoms with E-state index in [1.165, 1.54) is 11.8 Å². The maximum Gasteiger partial charge on any atom is 0.250 e. The lowest BCUT2D eigenvalue weighted by Gasteiger charge is -2.07. The van der Waals surface area contributed by atoms with Crippen molar-refractivity contribution in [3.63, 3.8) is 0 Å². The highest BCUT2D eigenvalue weighted by atomic mass is 16.5. The van der Waals surface area contributed by atoms with Crippen LogP contribution in [0.4, 0.5) is 0 Å². The van der Waals surface area contributed by atoms with Gasteiger partial charge in [-0.05, 0) is 36.7 Å². The molecule has 0 aliphatic heterocycles. The number of rotatable bonds is 8. The zero-order valence-electron chi connectivity index (χ0n) is 12.3. The summed E-state index contributed by atoms with van der Waals surface area (Å²) in [5, 5.41) is 3.26. The van der Waals surface area contributed by atoms with Crippen LogP contribution in [0.15, 0.2) is 55.3 Å². The molecule has 22 heavy (non-hydrogen) atoms. The summed E-state index contributed by atoms with van der Waals surface area (Å²) in [4.78, 5) is 15.0. The van der Waals surface area contributed by atoms with Gasteiger partial charge >= 0.3 is 0 Å². The van der Waals surface area contributed by atoms with Crippen molar-refractivity contribution >= 4 is 5.91 Å². The summed E-state index contributed by atoms with van der Waals surface area (Å²) >= 11 is 0. The molecule has 0 radical (unpaired) electrons. The Morgan fingerprint density at radius 2 is 2.05 bits per heavy atom. The molecule has 0 bridgehead atoms. The number of nitrogens with two attached hydrogens (primary N) is 1. The van der Waals surface area contributed by atoms with Crippen molar-refractivity contribution in [2.45, 2.75) is 6.42 Å². The first-order valence-corrected chi connectivity index (χ1v) is 7.03. The number of aromatic nitrogens is 1.